The summed E-state index contributed by atoms with van der Waals surface area (Å²) in [6, 6.07) is 10.1. The SMILES string of the molecule is Cc1ncccc1CC(=O)N1Cc2cn(Sc3ccc4ncsc4c3)nc2C1. The summed E-state index contributed by atoms with van der Waals surface area (Å²) in [7, 11) is 0. The van der Waals surface area contributed by atoms with E-state index in [1.54, 1.807) is 29.5 Å². The molecule has 0 saturated carbocycles. The molecule has 1 amide bonds. The Morgan fingerprint density at radius 2 is 2.18 bits per heavy atom. The van der Waals surface area contributed by atoms with Crippen molar-refractivity contribution < 1.29 is 4.79 Å². The number of aryl methyl sites for hydroxylation is 1. The number of fused-ring (bicyclic) bond motifs is 2. The Morgan fingerprint density at radius 1 is 1.25 bits per heavy atom. The molecule has 0 fully saturated rings. The quantitative estimate of drug-likeness (QED) is 0.514. The van der Waals surface area contributed by atoms with E-state index in [9.17, 15) is 4.79 Å². The number of carbonyl (C=O) groups is 1. The Hall–Kier alpha value is -2.71. The summed E-state index contributed by atoms with van der Waals surface area (Å²) in [5, 5.41) is 4.67. The number of benzene rings is 1. The molecular formula is C20H17N5OS2. The molecule has 140 valence electrons. The maximum absolute atomic E-state index is 12.7. The van der Waals surface area contributed by atoms with Crippen molar-refractivity contribution in [2.45, 2.75) is 31.3 Å². The molecule has 28 heavy (non-hydrogen) atoms. The van der Waals surface area contributed by atoms with Crippen LogP contribution in [-0.4, -0.2) is 30.0 Å². The van der Waals surface area contributed by atoms with E-state index < -0.39 is 0 Å². The molecule has 5 rings (SSSR count). The third kappa shape index (κ3) is 3.29. The van der Waals surface area contributed by atoms with Gasteiger partial charge in [0.15, 0.2) is 0 Å². The first-order valence-electron chi connectivity index (χ1n) is 8.93. The van der Waals surface area contributed by atoms with Gasteiger partial charge in [-0.2, -0.15) is 5.10 Å². The van der Waals surface area contributed by atoms with E-state index in [0.29, 0.717) is 19.5 Å². The average molecular weight is 408 g/mol. The molecule has 0 aliphatic carbocycles. The molecule has 0 N–H and O–H groups in total. The molecule has 0 bridgehead atoms. The summed E-state index contributed by atoms with van der Waals surface area (Å²) in [6.07, 6.45) is 4.16. The summed E-state index contributed by atoms with van der Waals surface area (Å²) < 4.78 is 3.06. The van der Waals surface area contributed by atoms with E-state index >= 15 is 0 Å². The van der Waals surface area contributed by atoms with E-state index in [0.717, 1.165) is 32.9 Å². The third-order valence-corrected chi connectivity index (χ3v) is 6.50. The first kappa shape index (κ1) is 17.4. The molecule has 1 aliphatic rings. The average Bonchev–Trinajstić information content (AvgIpc) is 3.37. The maximum Gasteiger partial charge on any atom is 0.227 e. The van der Waals surface area contributed by atoms with E-state index in [1.165, 1.54) is 4.70 Å². The van der Waals surface area contributed by atoms with Crippen molar-refractivity contribution in [1.82, 2.24) is 24.1 Å². The lowest BCUT2D eigenvalue weighted by Crippen LogP contribution is -2.27. The number of amides is 1. The van der Waals surface area contributed by atoms with Crippen LogP contribution < -0.4 is 0 Å². The zero-order chi connectivity index (χ0) is 19.1. The smallest absolute Gasteiger partial charge is 0.227 e. The van der Waals surface area contributed by atoms with E-state index in [4.69, 9.17) is 0 Å². The van der Waals surface area contributed by atoms with Crippen LogP contribution in [0, 0.1) is 6.92 Å². The van der Waals surface area contributed by atoms with Crippen molar-refractivity contribution in [1.29, 1.82) is 0 Å². The van der Waals surface area contributed by atoms with Gasteiger partial charge in [-0.1, -0.05) is 6.07 Å². The van der Waals surface area contributed by atoms with Crippen LogP contribution in [0.1, 0.15) is 22.5 Å². The Balaban J connectivity index is 1.26. The number of rotatable bonds is 4. The van der Waals surface area contributed by atoms with Gasteiger partial charge < -0.3 is 4.90 Å². The summed E-state index contributed by atoms with van der Waals surface area (Å²) in [5.41, 5.74) is 6.86. The normalized spacial score (nSPS) is 13.2. The largest absolute Gasteiger partial charge is 0.332 e. The minimum atomic E-state index is 0.115. The fourth-order valence-electron chi connectivity index (χ4n) is 3.33. The Kier molecular flexibility index (Phi) is 4.37. The molecule has 0 radical (unpaired) electrons. The zero-order valence-electron chi connectivity index (χ0n) is 15.2. The Bertz CT molecular complexity index is 1160. The molecule has 0 saturated heterocycles. The van der Waals surface area contributed by atoms with Gasteiger partial charge in [0.25, 0.3) is 0 Å². The van der Waals surface area contributed by atoms with Crippen molar-refractivity contribution in [3.05, 3.63) is 70.8 Å². The van der Waals surface area contributed by atoms with Crippen LogP contribution in [0.15, 0.2) is 53.1 Å². The van der Waals surface area contributed by atoms with Crippen molar-refractivity contribution in [2.75, 3.05) is 0 Å². The van der Waals surface area contributed by atoms with Crippen LogP contribution in [0.3, 0.4) is 0 Å². The molecule has 0 atom stereocenters. The van der Waals surface area contributed by atoms with Crippen LogP contribution in [0.25, 0.3) is 10.2 Å². The van der Waals surface area contributed by atoms with Crippen LogP contribution in [0.5, 0.6) is 0 Å². The van der Waals surface area contributed by atoms with Gasteiger partial charge in [0, 0.05) is 47.0 Å². The molecule has 4 aromatic rings. The Morgan fingerprint density at radius 3 is 3.04 bits per heavy atom. The molecule has 1 aliphatic heterocycles. The lowest BCUT2D eigenvalue weighted by atomic mass is 10.1. The minimum Gasteiger partial charge on any atom is -0.332 e. The van der Waals surface area contributed by atoms with Crippen LogP contribution in [0.4, 0.5) is 0 Å². The van der Waals surface area contributed by atoms with Crippen LogP contribution in [-0.2, 0) is 24.3 Å². The number of nitrogens with zero attached hydrogens (tertiary/aromatic N) is 5. The number of aromatic nitrogens is 4. The second kappa shape index (κ2) is 7.03. The van der Waals surface area contributed by atoms with Gasteiger partial charge in [0.05, 0.1) is 34.4 Å². The molecule has 1 aromatic carbocycles. The number of hydrogen-bond donors (Lipinski definition) is 0. The zero-order valence-corrected chi connectivity index (χ0v) is 16.8. The molecule has 8 heteroatoms. The summed E-state index contributed by atoms with van der Waals surface area (Å²) in [6.45, 7) is 3.11. The second-order valence-electron chi connectivity index (χ2n) is 6.75. The minimum absolute atomic E-state index is 0.115. The summed E-state index contributed by atoms with van der Waals surface area (Å²) in [5.74, 6) is 0.115. The molecule has 6 nitrogen and oxygen atoms in total. The fourth-order valence-corrected chi connectivity index (χ4v) is 4.96. The highest BCUT2D eigenvalue weighted by Crippen LogP contribution is 2.29. The van der Waals surface area contributed by atoms with Crippen molar-refractivity contribution in [3.63, 3.8) is 0 Å². The van der Waals surface area contributed by atoms with Gasteiger partial charge in [-0.15, -0.1) is 11.3 Å². The van der Waals surface area contributed by atoms with Crippen LogP contribution >= 0.6 is 23.3 Å². The maximum atomic E-state index is 12.7. The number of pyridine rings is 1. The van der Waals surface area contributed by atoms with Gasteiger partial charge in [-0.3, -0.25) is 9.78 Å². The lowest BCUT2D eigenvalue weighted by molar-refractivity contribution is -0.131. The lowest BCUT2D eigenvalue weighted by Gasteiger charge is -2.16. The highest BCUT2D eigenvalue weighted by atomic mass is 32.2. The molecule has 4 heterocycles. The predicted molar refractivity (Wildman–Crippen MR) is 110 cm³/mol. The molecule has 0 spiro atoms. The van der Waals surface area contributed by atoms with Crippen molar-refractivity contribution >= 4 is 39.4 Å². The highest BCUT2D eigenvalue weighted by Gasteiger charge is 2.27. The van der Waals surface area contributed by atoms with Crippen molar-refractivity contribution in [3.8, 4) is 0 Å². The van der Waals surface area contributed by atoms with Crippen molar-refractivity contribution in [2.24, 2.45) is 0 Å². The number of carbonyl (C=O) groups excluding carboxylic acids is 1. The van der Waals surface area contributed by atoms with E-state index in [2.05, 4.69) is 27.2 Å². The van der Waals surface area contributed by atoms with E-state index in [-0.39, 0.29) is 5.91 Å². The first-order chi connectivity index (χ1) is 13.7. The highest BCUT2D eigenvalue weighted by molar-refractivity contribution is 7.97. The monoisotopic (exact) mass is 407 g/mol. The fraction of sp³-hybridized carbons (Fsp3) is 0.200. The Labute approximate surface area is 170 Å². The third-order valence-electron chi connectivity index (χ3n) is 4.87. The molecule has 3 aromatic heterocycles. The number of hydrogen-bond acceptors (Lipinski definition) is 6. The van der Waals surface area contributed by atoms with Gasteiger partial charge in [-0.05, 0) is 36.8 Å². The number of thiazole rings is 1. The standard InChI is InChI=1S/C20H17N5OS2/c1-13-14(3-2-6-21-13)7-20(26)24-9-15-10-25(23-18(15)11-24)28-16-4-5-17-19(8-16)27-12-22-17/h2-6,8,10,12H,7,9,11H2,1H3. The van der Waals surface area contributed by atoms with Gasteiger partial charge in [0.2, 0.25) is 5.91 Å². The first-order valence-corrected chi connectivity index (χ1v) is 10.6. The molecular weight excluding hydrogens is 390 g/mol. The second-order valence-corrected chi connectivity index (χ2v) is 8.67. The van der Waals surface area contributed by atoms with Gasteiger partial charge in [-0.25, -0.2) is 9.07 Å². The van der Waals surface area contributed by atoms with Gasteiger partial charge in [0.1, 0.15) is 0 Å². The molecule has 0 unspecified atom stereocenters. The predicted octanol–water partition coefficient (Wildman–Crippen LogP) is 3.84. The van der Waals surface area contributed by atoms with Crippen LogP contribution in [0.2, 0.25) is 0 Å². The van der Waals surface area contributed by atoms with Gasteiger partial charge >= 0.3 is 0 Å². The summed E-state index contributed by atoms with van der Waals surface area (Å²) >= 11 is 3.22. The topological polar surface area (TPSA) is 63.9 Å². The summed E-state index contributed by atoms with van der Waals surface area (Å²) in [4.78, 5) is 24.2. The van der Waals surface area contributed by atoms with E-state index in [1.807, 2.05) is 45.8 Å².